The highest BCUT2D eigenvalue weighted by molar-refractivity contribution is 6.12. The van der Waals surface area contributed by atoms with Gasteiger partial charge in [0.2, 0.25) is 0 Å². The minimum Gasteiger partial charge on any atom is -0.323 e. The fourth-order valence-electron chi connectivity index (χ4n) is 1.72. The smallest absolute Gasteiger partial charge is 0.0991 e. The molecule has 4 heteroatoms. The van der Waals surface area contributed by atoms with Crippen LogP contribution in [-0.2, 0) is 0 Å². The zero-order valence-corrected chi connectivity index (χ0v) is 10.0. The van der Waals surface area contributed by atoms with Crippen molar-refractivity contribution in [1.29, 1.82) is 10.5 Å². The second-order valence-electron chi connectivity index (χ2n) is 3.86. The Labute approximate surface area is 111 Å². The molecule has 0 aliphatic rings. The zero-order valence-electron chi connectivity index (χ0n) is 10.0. The van der Waals surface area contributed by atoms with E-state index in [1.165, 1.54) is 0 Å². The molecule has 4 nitrogen and oxygen atoms in total. The van der Waals surface area contributed by atoms with Crippen LogP contribution in [0.15, 0.2) is 53.6 Å². The maximum absolute atomic E-state index is 8.76. The summed E-state index contributed by atoms with van der Waals surface area (Å²) < 4.78 is 0. The van der Waals surface area contributed by atoms with Crippen molar-refractivity contribution in [2.75, 3.05) is 0 Å². The van der Waals surface area contributed by atoms with E-state index in [1.54, 1.807) is 48.5 Å². The number of nitrogens with two attached hydrogens (primary N) is 1. The van der Waals surface area contributed by atoms with Gasteiger partial charge >= 0.3 is 0 Å². The first-order chi connectivity index (χ1) is 9.28. The normalized spacial score (nSPS) is 9.16. The minimum absolute atomic E-state index is 0.583. The van der Waals surface area contributed by atoms with Gasteiger partial charge in [0.1, 0.15) is 0 Å². The molecule has 90 valence electrons. The number of nitriles is 2. The third-order valence-corrected chi connectivity index (χ3v) is 2.70. The van der Waals surface area contributed by atoms with Crippen LogP contribution >= 0.6 is 0 Å². The fourth-order valence-corrected chi connectivity index (χ4v) is 1.72. The van der Waals surface area contributed by atoms with E-state index in [9.17, 15) is 0 Å². The number of nitrogens with zero attached hydrogens (tertiary/aromatic N) is 3. The number of rotatable bonds is 2. The van der Waals surface area contributed by atoms with Gasteiger partial charge in [0.05, 0.1) is 29.0 Å². The Bertz CT molecular complexity index is 623. The summed E-state index contributed by atoms with van der Waals surface area (Å²) in [6.07, 6.45) is 0. The summed E-state index contributed by atoms with van der Waals surface area (Å²) in [6.45, 7) is 0. The summed E-state index contributed by atoms with van der Waals surface area (Å²) in [5.74, 6) is 5.44. The van der Waals surface area contributed by atoms with E-state index in [0.717, 1.165) is 11.1 Å². The van der Waals surface area contributed by atoms with E-state index >= 15 is 0 Å². The average molecular weight is 246 g/mol. The molecule has 0 aliphatic heterocycles. The molecule has 19 heavy (non-hydrogen) atoms. The van der Waals surface area contributed by atoms with Gasteiger partial charge in [0, 0.05) is 11.1 Å². The molecule has 0 saturated heterocycles. The van der Waals surface area contributed by atoms with Crippen molar-refractivity contribution >= 4 is 5.71 Å². The summed E-state index contributed by atoms with van der Waals surface area (Å²) in [4.78, 5) is 0. The van der Waals surface area contributed by atoms with Crippen LogP contribution in [-0.4, -0.2) is 5.71 Å². The first-order valence-electron chi connectivity index (χ1n) is 5.57. The van der Waals surface area contributed by atoms with Crippen LogP contribution in [0.5, 0.6) is 0 Å². The van der Waals surface area contributed by atoms with Crippen LogP contribution in [0.4, 0.5) is 0 Å². The Balaban J connectivity index is 2.39. The van der Waals surface area contributed by atoms with E-state index in [4.69, 9.17) is 16.4 Å². The molecule has 0 bridgehead atoms. The summed E-state index contributed by atoms with van der Waals surface area (Å²) in [6, 6.07) is 18.1. The van der Waals surface area contributed by atoms with Crippen molar-refractivity contribution in [3.05, 3.63) is 70.8 Å². The van der Waals surface area contributed by atoms with Crippen molar-refractivity contribution in [2.24, 2.45) is 10.9 Å². The minimum atomic E-state index is 0.583. The molecular formula is C15H10N4. The monoisotopic (exact) mass is 246 g/mol. The van der Waals surface area contributed by atoms with Crippen LogP contribution in [0, 0.1) is 22.7 Å². The lowest BCUT2D eigenvalue weighted by molar-refractivity contribution is 1.24. The average Bonchev–Trinajstić information content (AvgIpc) is 2.49. The Morgan fingerprint density at radius 1 is 0.789 bits per heavy atom. The summed E-state index contributed by atoms with van der Waals surface area (Å²) in [7, 11) is 0. The van der Waals surface area contributed by atoms with E-state index in [-0.39, 0.29) is 0 Å². The molecular weight excluding hydrogens is 236 g/mol. The molecule has 2 rings (SSSR count). The molecule has 0 spiro atoms. The van der Waals surface area contributed by atoms with Gasteiger partial charge in [-0.1, -0.05) is 24.3 Å². The predicted molar refractivity (Wildman–Crippen MR) is 72.1 cm³/mol. The van der Waals surface area contributed by atoms with E-state index in [1.807, 2.05) is 0 Å². The summed E-state index contributed by atoms with van der Waals surface area (Å²) in [5, 5.41) is 21.3. The summed E-state index contributed by atoms with van der Waals surface area (Å²) >= 11 is 0. The van der Waals surface area contributed by atoms with Gasteiger partial charge in [0.15, 0.2) is 0 Å². The molecule has 0 radical (unpaired) electrons. The second kappa shape index (κ2) is 5.48. The topological polar surface area (TPSA) is 86.0 Å². The first-order valence-corrected chi connectivity index (χ1v) is 5.57. The van der Waals surface area contributed by atoms with Crippen molar-refractivity contribution in [2.45, 2.75) is 0 Å². The molecule has 0 aliphatic carbocycles. The first kappa shape index (κ1) is 12.3. The quantitative estimate of drug-likeness (QED) is 0.500. The van der Waals surface area contributed by atoms with Gasteiger partial charge < -0.3 is 5.84 Å². The van der Waals surface area contributed by atoms with Crippen LogP contribution in [0.3, 0.4) is 0 Å². The molecule has 2 N–H and O–H groups in total. The van der Waals surface area contributed by atoms with Crippen molar-refractivity contribution in [3.63, 3.8) is 0 Å². The molecule has 2 aromatic rings. The molecule has 0 aromatic heterocycles. The molecule has 0 fully saturated rings. The van der Waals surface area contributed by atoms with E-state index < -0.39 is 0 Å². The van der Waals surface area contributed by atoms with Crippen molar-refractivity contribution in [3.8, 4) is 12.1 Å². The largest absolute Gasteiger partial charge is 0.323 e. The highest BCUT2D eigenvalue weighted by Crippen LogP contribution is 2.12. The third-order valence-electron chi connectivity index (χ3n) is 2.70. The zero-order chi connectivity index (χ0) is 13.7. The Kier molecular flexibility index (Phi) is 3.56. The van der Waals surface area contributed by atoms with Gasteiger partial charge in [-0.3, -0.25) is 0 Å². The lowest BCUT2D eigenvalue weighted by atomic mass is 10.0. The molecule has 0 heterocycles. The van der Waals surface area contributed by atoms with Crippen LogP contribution < -0.4 is 5.84 Å². The Morgan fingerprint density at radius 2 is 1.16 bits per heavy atom. The number of benzene rings is 2. The maximum Gasteiger partial charge on any atom is 0.0991 e. The number of hydrogen-bond acceptors (Lipinski definition) is 4. The van der Waals surface area contributed by atoms with Gasteiger partial charge in [0.25, 0.3) is 0 Å². The Hall–Kier alpha value is -3.11. The van der Waals surface area contributed by atoms with Gasteiger partial charge in [-0.05, 0) is 24.3 Å². The lowest BCUT2D eigenvalue weighted by Gasteiger charge is -2.05. The lowest BCUT2D eigenvalue weighted by Crippen LogP contribution is -2.06. The molecule has 0 amide bonds. The highest BCUT2D eigenvalue weighted by Gasteiger charge is 2.07. The van der Waals surface area contributed by atoms with Crippen LogP contribution in [0.1, 0.15) is 22.3 Å². The second-order valence-corrected chi connectivity index (χ2v) is 3.86. The molecule has 0 saturated carbocycles. The predicted octanol–water partition coefficient (Wildman–Crippen LogP) is 2.14. The van der Waals surface area contributed by atoms with Gasteiger partial charge in [-0.25, -0.2) is 0 Å². The van der Waals surface area contributed by atoms with Gasteiger partial charge in [-0.15, -0.1) is 0 Å². The number of hydrogen-bond donors (Lipinski definition) is 1. The highest BCUT2D eigenvalue weighted by atomic mass is 15.1. The van der Waals surface area contributed by atoms with E-state index in [2.05, 4.69) is 17.2 Å². The summed E-state index contributed by atoms with van der Waals surface area (Å²) in [5.41, 5.74) is 3.44. The Morgan fingerprint density at radius 3 is 1.42 bits per heavy atom. The standard InChI is InChI=1S/C15H10N4/c16-9-11-1-5-13(6-2-11)15(19-18)14-7-3-12(10-17)4-8-14/h1-8H,18H2. The molecule has 0 unspecified atom stereocenters. The molecule has 0 atom stereocenters. The van der Waals surface area contributed by atoms with Crippen LogP contribution in [0.2, 0.25) is 0 Å². The van der Waals surface area contributed by atoms with Crippen LogP contribution in [0.25, 0.3) is 0 Å². The fraction of sp³-hybridized carbons (Fsp3) is 0. The van der Waals surface area contributed by atoms with Crippen molar-refractivity contribution < 1.29 is 0 Å². The maximum atomic E-state index is 8.76. The van der Waals surface area contributed by atoms with E-state index in [0.29, 0.717) is 16.8 Å². The third kappa shape index (κ3) is 2.59. The van der Waals surface area contributed by atoms with Gasteiger partial charge in [-0.2, -0.15) is 15.6 Å². The number of hydrazone groups is 1. The molecule has 2 aromatic carbocycles. The van der Waals surface area contributed by atoms with Crippen molar-refractivity contribution in [1.82, 2.24) is 0 Å². The SMILES string of the molecule is N#Cc1ccc(C(=NN)c2ccc(C#N)cc2)cc1.